The number of nitrogens with zero attached hydrogens (tertiary/aromatic N) is 6. The molecule has 5 rings (SSSR count). The summed E-state index contributed by atoms with van der Waals surface area (Å²) in [4.78, 5) is 31.1. The number of hydrogen-bond donors (Lipinski definition) is 1. The minimum Gasteiger partial charge on any atom is -0.310 e. The molecule has 1 atom stereocenters. The number of amides is 1. The third kappa shape index (κ3) is 3.39. The number of rotatable bonds is 5. The van der Waals surface area contributed by atoms with E-state index in [9.17, 15) is 9.18 Å². The quantitative estimate of drug-likeness (QED) is 0.520. The van der Waals surface area contributed by atoms with Crippen LogP contribution in [0.1, 0.15) is 37.6 Å². The second kappa shape index (κ2) is 7.44. The van der Waals surface area contributed by atoms with E-state index >= 15 is 0 Å². The molecule has 3 aromatic heterocycles. The monoisotopic (exact) mass is 431 g/mol. The Hall–Kier alpha value is -3.75. The number of carbonyl (C=O) groups is 1. The van der Waals surface area contributed by atoms with Gasteiger partial charge in [-0.05, 0) is 43.4 Å². The largest absolute Gasteiger partial charge is 0.310 e. The van der Waals surface area contributed by atoms with E-state index in [1.54, 1.807) is 29.0 Å². The number of fused-ring (bicyclic) bond motifs is 2. The molecule has 0 spiro atoms. The number of halogens is 1. The van der Waals surface area contributed by atoms with Crippen molar-refractivity contribution in [1.82, 2.24) is 29.5 Å². The van der Waals surface area contributed by atoms with Gasteiger partial charge in [-0.15, -0.1) is 0 Å². The van der Waals surface area contributed by atoms with Crippen molar-refractivity contribution in [2.45, 2.75) is 39.0 Å². The van der Waals surface area contributed by atoms with Gasteiger partial charge >= 0.3 is 0 Å². The molecule has 1 amide bonds. The molecule has 9 heteroatoms. The van der Waals surface area contributed by atoms with Crippen molar-refractivity contribution in [3.63, 3.8) is 0 Å². The van der Waals surface area contributed by atoms with Gasteiger partial charge in [0, 0.05) is 11.8 Å². The van der Waals surface area contributed by atoms with Crippen LogP contribution in [0.2, 0.25) is 0 Å². The molecule has 1 aliphatic rings. The summed E-state index contributed by atoms with van der Waals surface area (Å²) in [5.74, 6) is 0.791. The third-order valence-corrected chi connectivity index (χ3v) is 5.75. The van der Waals surface area contributed by atoms with Crippen molar-refractivity contribution in [3.8, 4) is 11.5 Å². The summed E-state index contributed by atoms with van der Waals surface area (Å²) in [7, 11) is 0. The lowest BCUT2D eigenvalue weighted by Gasteiger charge is -2.21. The van der Waals surface area contributed by atoms with Gasteiger partial charge in [0.2, 0.25) is 5.91 Å². The zero-order valence-electron chi connectivity index (χ0n) is 18.0. The Morgan fingerprint density at radius 3 is 2.69 bits per heavy atom. The maximum Gasteiger partial charge on any atom is 0.236 e. The summed E-state index contributed by atoms with van der Waals surface area (Å²) < 4.78 is 15.0. The van der Waals surface area contributed by atoms with E-state index in [0.29, 0.717) is 40.9 Å². The van der Waals surface area contributed by atoms with Gasteiger partial charge in [0.25, 0.3) is 0 Å². The fourth-order valence-corrected chi connectivity index (χ4v) is 4.08. The molecule has 4 aromatic rings. The molecule has 0 unspecified atom stereocenters. The van der Waals surface area contributed by atoms with Gasteiger partial charge in [-0.2, -0.15) is 5.10 Å². The lowest BCUT2D eigenvalue weighted by Crippen LogP contribution is -2.33. The average Bonchev–Trinajstić information content (AvgIpc) is 3.32. The maximum absolute atomic E-state index is 13.3. The molecule has 162 valence electrons. The minimum absolute atomic E-state index is 0.163. The SMILES string of the molecule is CC(C)Cc1nc(-c2ncc3c(n2)NC(=O)[C@@]3(C)Cc2ccc(F)cc2)cn2ncnc12. The van der Waals surface area contributed by atoms with Gasteiger partial charge in [-0.3, -0.25) is 4.79 Å². The van der Waals surface area contributed by atoms with Crippen LogP contribution in [0.4, 0.5) is 10.2 Å². The first-order valence-electron chi connectivity index (χ1n) is 10.5. The van der Waals surface area contributed by atoms with Gasteiger partial charge in [-0.1, -0.05) is 26.0 Å². The fraction of sp³-hybridized carbons (Fsp3) is 0.304. The van der Waals surface area contributed by atoms with Gasteiger partial charge < -0.3 is 5.32 Å². The van der Waals surface area contributed by atoms with Crippen molar-refractivity contribution in [2.75, 3.05) is 5.32 Å². The van der Waals surface area contributed by atoms with E-state index < -0.39 is 5.41 Å². The van der Waals surface area contributed by atoms with Crippen LogP contribution in [0.15, 0.2) is 43.0 Å². The Labute approximate surface area is 184 Å². The average molecular weight is 431 g/mol. The first-order valence-corrected chi connectivity index (χ1v) is 10.5. The van der Waals surface area contributed by atoms with Gasteiger partial charge in [0.1, 0.15) is 23.7 Å². The van der Waals surface area contributed by atoms with E-state index in [-0.39, 0.29) is 11.7 Å². The normalized spacial score (nSPS) is 17.7. The van der Waals surface area contributed by atoms with Crippen LogP contribution < -0.4 is 5.32 Å². The Morgan fingerprint density at radius 2 is 1.94 bits per heavy atom. The van der Waals surface area contributed by atoms with Gasteiger partial charge in [0.05, 0.1) is 17.3 Å². The third-order valence-electron chi connectivity index (χ3n) is 5.75. The summed E-state index contributed by atoms with van der Waals surface area (Å²) in [5, 5.41) is 7.13. The number of aromatic nitrogens is 6. The highest BCUT2D eigenvalue weighted by Gasteiger charge is 2.44. The summed E-state index contributed by atoms with van der Waals surface area (Å²) in [6.45, 7) is 6.08. The van der Waals surface area contributed by atoms with Crippen molar-refractivity contribution >= 4 is 17.4 Å². The highest BCUT2D eigenvalue weighted by atomic mass is 19.1. The molecule has 1 aliphatic heterocycles. The van der Waals surface area contributed by atoms with E-state index in [1.807, 2.05) is 6.92 Å². The zero-order chi connectivity index (χ0) is 22.5. The Kier molecular flexibility index (Phi) is 4.69. The predicted molar refractivity (Wildman–Crippen MR) is 116 cm³/mol. The molecule has 8 nitrogen and oxygen atoms in total. The van der Waals surface area contributed by atoms with E-state index in [1.165, 1.54) is 18.5 Å². The molecule has 0 saturated carbocycles. The molecule has 1 N–H and O–H groups in total. The van der Waals surface area contributed by atoms with E-state index in [4.69, 9.17) is 4.98 Å². The number of anilines is 1. The second-order valence-corrected chi connectivity index (χ2v) is 8.74. The summed E-state index contributed by atoms with van der Waals surface area (Å²) >= 11 is 0. The molecule has 1 aromatic carbocycles. The fourth-order valence-electron chi connectivity index (χ4n) is 4.08. The van der Waals surface area contributed by atoms with Crippen LogP contribution in [-0.2, 0) is 23.1 Å². The number of benzene rings is 1. The summed E-state index contributed by atoms with van der Waals surface area (Å²) in [6.07, 6.45) is 6.07. The zero-order valence-corrected chi connectivity index (χ0v) is 18.0. The lowest BCUT2D eigenvalue weighted by molar-refractivity contribution is -0.120. The van der Waals surface area contributed by atoms with Crippen LogP contribution >= 0.6 is 0 Å². The molecule has 32 heavy (non-hydrogen) atoms. The van der Waals surface area contributed by atoms with E-state index in [0.717, 1.165) is 17.7 Å². The van der Waals surface area contributed by atoms with Gasteiger partial charge in [-0.25, -0.2) is 28.8 Å². The van der Waals surface area contributed by atoms with Crippen molar-refractivity contribution < 1.29 is 9.18 Å². The maximum atomic E-state index is 13.3. The molecule has 0 radical (unpaired) electrons. The van der Waals surface area contributed by atoms with Crippen molar-refractivity contribution in [1.29, 1.82) is 0 Å². The molecule has 0 aliphatic carbocycles. The summed E-state index contributed by atoms with van der Waals surface area (Å²) in [6, 6.07) is 6.17. The predicted octanol–water partition coefficient (Wildman–Crippen LogP) is 3.37. The molecule has 0 bridgehead atoms. The molecule has 4 heterocycles. The van der Waals surface area contributed by atoms with Crippen LogP contribution in [0.5, 0.6) is 0 Å². The number of nitrogens with one attached hydrogen (secondary N) is 1. The molecular weight excluding hydrogens is 409 g/mol. The Balaban J connectivity index is 1.53. The number of carbonyl (C=O) groups excluding carboxylic acids is 1. The van der Waals surface area contributed by atoms with Crippen LogP contribution in [0.3, 0.4) is 0 Å². The Bertz CT molecular complexity index is 1330. The minimum atomic E-state index is -0.849. The first-order chi connectivity index (χ1) is 15.3. The highest BCUT2D eigenvalue weighted by molar-refractivity contribution is 6.05. The lowest BCUT2D eigenvalue weighted by atomic mass is 9.79. The molecule has 0 saturated heterocycles. The molecule has 0 fully saturated rings. The topological polar surface area (TPSA) is 98.0 Å². The van der Waals surface area contributed by atoms with Crippen molar-refractivity contribution in [3.05, 3.63) is 65.6 Å². The Morgan fingerprint density at radius 1 is 1.16 bits per heavy atom. The van der Waals surface area contributed by atoms with Crippen LogP contribution in [-0.4, -0.2) is 35.5 Å². The number of hydrogen-bond acceptors (Lipinski definition) is 6. The first kappa shape index (κ1) is 20.2. The van der Waals surface area contributed by atoms with E-state index in [2.05, 4.69) is 39.2 Å². The van der Waals surface area contributed by atoms with Crippen molar-refractivity contribution in [2.24, 2.45) is 5.92 Å². The van der Waals surface area contributed by atoms with Crippen LogP contribution in [0, 0.1) is 11.7 Å². The van der Waals surface area contributed by atoms with Crippen LogP contribution in [0.25, 0.3) is 17.2 Å². The van der Waals surface area contributed by atoms with Gasteiger partial charge in [0.15, 0.2) is 11.5 Å². The highest BCUT2D eigenvalue weighted by Crippen LogP contribution is 2.39. The molecular formula is C23H22FN7O. The second-order valence-electron chi connectivity index (χ2n) is 8.74. The standard InChI is InChI=1S/C23H22FN7O/c1-13(2)8-17-21-26-12-27-31(21)11-18(28-17)20-25-10-16-19(29-20)30-22(32)23(16,3)9-14-4-6-15(24)7-5-14/h4-7,10-13H,8-9H2,1-3H3,(H,25,29,30,32)/t23-/m0/s1. The smallest absolute Gasteiger partial charge is 0.236 e. The summed E-state index contributed by atoms with van der Waals surface area (Å²) in [5.41, 5.74) is 2.81.